The standard InChI is InChI=1S/2C64H68N4O4/c2*1-39-29-51-30-40(2)57(39)65-55(69)23-21-47-17-15-18-48(37-47)22-24-56(70)66-58-41(3)31-52(32-42(58)4)64(27-13-10-14-28-64)54-35-45(7)60(46(8)36-54)68-62(72)50-20-16-19-49(38-50)61(71)67-59-43(5)33-53(34-44(59)6)63(51)25-11-9-12-26-63/h2*15-24,29-38H,9-14,25-28H2,1-8H3,(H,65,69)(H,66,70)(H,67,71)(H,68,72)/b2*23-21+,24-22+. The van der Waals surface area contributed by atoms with E-state index in [4.69, 9.17) is 0 Å². The van der Waals surface area contributed by atoms with Crippen molar-refractivity contribution < 1.29 is 38.4 Å². The van der Waals surface area contributed by atoms with E-state index in [0.717, 1.165) is 260 Å². The number of hydrogen-bond acceptors (Lipinski definition) is 8. The maximum absolute atomic E-state index is 14.1. The fourth-order valence-electron chi connectivity index (χ4n) is 24.3. The molecular weight excluding hydrogens is 1780 g/mol. The van der Waals surface area contributed by atoms with Gasteiger partial charge in [0.1, 0.15) is 0 Å². The molecule has 4 fully saturated rings. The van der Waals surface area contributed by atoms with Crippen molar-refractivity contribution in [3.63, 3.8) is 0 Å². The third kappa shape index (κ3) is 21.2. The third-order valence-corrected chi connectivity index (χ3v) is 31.8. The van der Waals surface area contributed by atoms with Crippen LogP contribution in [0.1, 0.15) is 326 Å². The van der Waals surface area contributed by atoms with Crippen molar-refractivity contribution in [3.8, 4) is 0 Å². The predicted octanol–water partition coefficient (Wildman–Crippen LogP) is 29.6. The molecule has 0 unspecified atom stereocenters. The SMILES string of the molecule is Cc1cc2cc(C)c1NC(=O)/C=C/c1cccc(c1)/C=C/C(=O)Nc1c(C)cc(cc1C)C1(CCCCC1)c1cc(C)c(c(C)c1)NC(=O)c1cccc(c1)C(=O)Nc1c(C)cc(cc1C)C21CCCCC1.Cc1cc2cc(C)c1NC(=O)/C=C/c1cccc(c1)/C=C/C(=O)Nc1c(C)cc(cc1C)C1(CCCCC1)c1cc(C)c(c(C)c1)NC(=O)c1cccc(c1)C(=O)Nc1c(C)cc(cc1C)C21CCCCC1. The lowest BCUT2D eigenvalue weighted by Crippen LogP contribution is -2.31. The molecule has 16 heteroatoms. The summed E-state index contributed by atoms with van der Waals surface area (Å²) in [5.41, 5.74) is 35.9. The van der Waals surface area contributed by atoms with E-state index in [2.05, 4.69) is 250 Å². The Hall–Kier alpha value is -14.6. The molecule has 4 spiro atoms. The van der Waals surface area contributed by atoms with Gasteiger partial charge >= 0.3 is 0 Å². The molecule has 12 aromatic rings. The van der Waals surface area contributed by atoms with Gasteiger partial charge in [-0.25, -0.2) is 0 Å². The van der Waals surface area contributed by atoms with Crippen LogP contribution < -0.4 is 42.5 Å². The minimum atomic E-state index is -0.279. The number of rotatable bonds is 0. The van der Waals surface area contributed by atoms with Gasteiger partial charge in [-0.1, -0.05) is 223 Å². The van der Waals surface area contributed by atoms with Gasteiger partial charge in [-0.15, -0.1) is 0 Å². The van der Waals surface area contributed by atoms with Gasteiger partial charge < -0.3 is 42.5 Å². The van der Waals surface area contributed by atoms with E-state index >= 15 is 0 Å². The van der Waals surface area contributed by atoms with Crippen LogP contribution in [0.4, 0.5) is 45.5 Å². The molecule has 4 saturated carbocycles. The Balaban J connectivity index is 0.000000198. The average molecular weight is 1910 g/mol. The van der Waals surface area contributed by atoms with Crippen molar-refractivity contribution in [2.45, 2.75) is 261 Å². The van der Waals surface area contributed by atoms with E-state index in [1.54, 1.807) is 97.1 Å². The fourth-order valence-corrected chi connectivity index (χ4v) is 24.3. The minimum Gasteiger partial charge on any atom is -0.322 e. The highest BCUT2D eigenvalue weighted by molar-refractivity contribution is 6.12. The first-order valence-corrected chi connectivity index (χ1v) is 51.6. The van der Waals surface area contributed by atoms with Crippen molar-refractivity contribution in [2.24, 2.45) is 0 Å². The first-order chi connectivity index (χ1) is 69.1. The molecule has 8 N–H and O–H groups in total. The maximum atomic E-state index is 14.1. The Morgan fingerprint density at radius 3 is 0.472 bits per heavy atom. The van der Waals surface area contributed by atoms with Gasteiger partial charge in [0.05, 0.1) is 0 Å². The highest BCUT2D eigenvalue weighted by Gasteiger charge is 2.43. The quantitative estimate of drug-likeness (QED) is 0.0726. The van der Waals surface area contributed by atoms with Gasteiger partial charge in [-0.3, -0.25) is 38.4 Å². The smallest absolute Gasteiger partial charge is 0.255 e. The monoisotopic (exact) mass is 1910 g/mol. The highest BCUT2D eigenvalue weighted by Crippen LogP contribution is 2.54. The summed E-state index contributed by atoms with van der Waals surface area (Å²) in [6.45, 7) is 33.0. The molecule has 144 heavy (non-hydrogen) atoms. The molecule has 0 saturated heterocycles. The van der Waals surface area contributed by atoms with Crippen molar-refractivity contribution in [1.29, 1.82) is 0 Å². The van der Waals surface area contributed by atoms with Crippen molar-refractivity contribution in [3.05, 3.63) is 396 Å². The van der Waals surface area contributed by atoms with E-state index in [0.29, 0.717) is 22.3 Å². The van der Waals surface area contributed by atoms with Crippen molar-refractivity contribution in [1.82, 2.24) is 0 Å². The molecule has 12 aromatic carbocycles. The summed E-state index contributed by atoms with van der Waals surface area (Å²) in [5, 5.41) is 25.5. The van der Waals surface area contributed by atoms with Crippen LogP contribution >= 0.6 is 0 Å². The van der Waals surface area contributed by atoms with Crippen LogP contribution in [0.2, 0.25) is 0 Å². The van der Waals surface area contributed by atoms with E-state index in [1.165, 1.54) is 70.2 Å². The summed E-state index contributed by atoms with van der Waals surface area (Å²) in [6, 6.07) is 65.2. The lowest BCUT2D eigenvalue weighted by molar-refractivity contribution is -0.112. The summed E-state index contributed by atoms with van der Waals surface area (Å²) in [7, 11) is 0. The zero-order valence-corrected chi connectivity index (χ0v) is 86.5. The van der Waals surface area contributed by atoms with Gasteiger partial charge in [0.2, 0.25) is 23.6 Å². The van der Waals surface area contributed by atoms with E-state index in [-0.39, 0.29) is 68.9 Å². The predicted molar refractivity (Wildman–Crippen MR) is 591 cm³/mol. The van der Waals surface area contributed by atoms with Gasteiger partial charge in [-0.05, 0) is 391 Å². The summed E-state index contributed by atoms with van der Waals surface area (Å²) >= 11 is 0. The molecule has 736 valence electrons. The molecule has 20 aliphatic rings. The number of anilines is 8. The second-order valence-corrected chi connectivity index (χ2v) is 42.1. The number of benzene rings is 12. The molecule has 0 atom stereocenters. The zero-order chi connectivity index (χ0) is 102. The number of amides is 8. The second kappa shape index (κ2) is 42.5. The topological polar surface area (TPSA) is 233 Å². The van der Waals surface area contributed by atoms with Crippen LogP contribution in [0.5, 0.6) is 0 Å². The Labute approximate surface area is 849 Å². The third-order valence-electron chi connectivity index (χ3n) is 31.8. The van der Waals surface area contributed by atoms with Crippen LogP contribution in [-0.4, -0.2) is 47.3 Å². The maximum Gasteiger partial charge on any atom is 0.255 e. The van der Waals surface area contributed by atoms with Crippen molar-refractivity contribution >= 4 is 117 Å². The van der Waals surface area contributed by atoms with Gasteiger partial charge in [0.15, 0.2) is 0 Å². The van der Waals surface area contributed by atoms with Gasteiger partial charge in [-0.2, -0.15) is 0 Å². The van der Waals surface area contributed by atoms with Crippen LogP contribution in [-0.2, 0) is 40.8 Å². The Bertz CT molecular complexity index is 6260. The molecule has 0 aromatic heterocycles. The molecular formula is C128H136N8O8. The van der Waals surface area contributed by atoms with E-state index in [1.807, 2.05) is 48.5 Å². The Morgan fingerprint density at radius 1 is 0.167 bits per heavy atom. The minimum absolute atomic E-state index is 0.224. The average Bonchev–Trinajstić information content (AvgIpc) is 0.759. The summed E-state index contributed by atoms with van der Waals surface area (Å²) in [5.74, 6) is -2.01. The van der Waals surface area contributed by atoms with E-state index < -0.39 is 0 Å². The molecule has 32 rings (SSSR count). The lowest BCUT2D eigenvalue weighted by Gasteiger charge is -2.40. The summed E-state index contributed by atoms with van der Waals surface area (Å²) < 4.78 is 0. The molecule has 24 bridgehead atoms. The number of carbonyl (C=O) groups is 8. The van der Waals surface area contributed by atoms with Gasteiger partial charge in [0.25, 0.3) is 23.6 Å². The second-order valence-electron chi connectivity index (χ2n) is 42.1. The first-order valence-electron chi connectivity index (χ1n) is 51.6. The largest absolute Gasteiger partial charge is 0.322 e. The van der Waals surface area contributed by atoms with Crippen LogP contribution in [0.25, 0.3) is 24.3 Å². The Morgan fingerprint density at radius 2 is 0.312 bits per heavy atom. The molecule has 4 aliphatic carbocycles. The van der Waals surface area contributed by atoms with Crippen LogP contribution in [0.15, 0.2) is 218 Å². The van der Waals surface area contributed by atoms with Crippen LogP contribution in [0, 0.1) is 111 Å². The highest BCUT2D eigenvalue weighted by atomic mass is 16.2. The lowest BCUT2D eigenvalue weighted by atomic mass is 9.64. The van der Waals surface area contributed by atoms with Crippen molar-refractivity contribution in [2.75, 3.05) is 42.5 Å². The van der Waals surface area contributed by atoms with Gasteiger partial charge in [0, 0.05) is 114 Å². The molecule has 8 amide bonds. The number of nitrogens with one attached hydrogen (secondary N) is 8. The molecule has 16 nitrogen and oxygen atoms in total. The molecule has 0 radical (unpaired) electrons. The number of carbonyl (C=O) groups excluding carboxylic acids is 8. The zero-order valence-electron chi connectivity index (χ0n) is 86.5. The summed E-state index contributed by atoms with van der Waals surface area (Å²) in [6.07, 6.45) is 34.9. The van der Waals surface area contributed by atoms with Crippen LogP contribution in [0.3, 0.4) is 0 Å². The number of aryl methyl sites for hydroxylation is 16. The molecule has 16 aliphatic heterocycles. The summed E-state index contributed by atoms with van der Waals surface area (Å²) in [4.78, 5) is 110. The molecule has 16 heterocycles. The fraction of sp³-hybridized carbons (Fsp3) is 0.312. The first kappa shape index (κ1) is 101. The van der Waals surface area contributed by atoms with E-state index in [9.17, 15) is 38.4 Å². The normalized spacial score (nSPS) is 17.9. The number of hydrogen-bond donors (Lipinski definition) is 8. The Kier molecular flexibility index (Phi) is 29.8.